The third-order valence-corrected chi connectivity index (χ3v) is 7.23. The second kappa shape index (κ2) is 14.4. The van der Waals surface area contributed by atoms with E-state index in [9.17, 15) is 9.59 Å². The number of aliphatic hydroxyl groups excluding tert-OH is 1. The smallest absolute Gasteiger partial charge is 0.338 e. The van der Waals surface area contributed by atoms with Crippen molar-refractivity contribution in [2.75, 3.05) is 44.2 Å². The van der Waals surface area contributed by atoms with Gasteiger partial charge in [0, 0.05) is 68.4 Å². The lowest BCUT2D eigenvalue weighted by molar-refractivity contribution is -0.117. The van der Waals surface area contributed by atoms with E-state index in [4.69, 9.17) is 15.6 Å². The number of fused-ring (bicyclic) bond motifs is 1. The van der Waals surface area contributed by atoms with Gasteiger partial charge in [0.25, 0.3) is 0 Å². The van der Waals surface area contributed by atoms with Crippen molar-refractivity contribution in [2.45, 2.75) is 59.6 Å². The summed E-state index contributed by atoms with van der Waals surface area (Å²) in [4.78, 5) is 36.4. The molecule has 1 saturated heterocycles. The minimum absolute atomic E-state index is 0.0713. The van der Waals surface area contributed by atoms with Gasteiger partial charge in [0.15, 0.2) is 0 Å². The summed E-state index contributed by atoms with van der Waals surface area (Å²) >= 11 is 1.68. The molecule has 0 bridgehead atoms. The Bertz CT molecular complexity index is 1210. The maximum Gasteiger partial charge on any atom is 0.338 e. The zero-order valence-corrected chi connectivity index (χ0v) is 25.1. The van der Waals surface area contributed by atoms with E-state index in [1.54, 1.807) is 18.3 Å². The number of amidine groups is 1. The van der Waals surface area contributed by atoms with Crippen LogP contribution in [0.1, 0.15) is 67.6 Å². The van der Waals surface area contributed by atoms with Gasteiger partial charge in [0.1, 0.15) is 11.4 Å². The molecule has 0 aliphatic carbocycles. The molecule has 0 spiro atoms. The zero-order valence-electron chi connectivity index (χ0n) is 24.3. The first-order valence-corrected chi connectivity index (χ1v) is 14.7. The average molecular weight is 570 g/mol. The summed E-state index contributed by atoms with van der Waals surface area (Å²) in [5.74, 6) is 0.0956. The lowest BCUT2D eigenvalue weighted by Gasteiger charge is -2.36. The van der Waals surface area contributed by atoms with E-state index in [1.165, 1.54) is 4.88 Å². The molecule has 0 radical (unpaired) electrons. The molecule has 3 heterocycles. The van der Waals surface area contributed by atoms with Crippen LogP contribution in [0.15, 0.2) is 40.9 Å². The second-order valence-electron chi connectivity index (χ2n) is 10.8. The first kappa shape index (κ1) is 31.3. The second-order valence-corrected chi connectivity index (χ2v) is 12.0. The molecular weight excluding hydrogens is 526 g/mol. The number of ether oxygens (including phenoxy) is 1. The summed E-state index contributed by atoms with van der Waals surface area (Å²) in [5.41, 5.74) is 8.79. The maximum atomic E-state index is 12.5. The number of esters is 1. The Labute approximate surface area is 241 Å². The number of nitrogens with zero attached hydrogens (tertiary/aromatic N) is 3. The first-order chi connectivity index (χ1) is 19.0. The molecule has 4 N–H and O–H groups in total. The number of rotatable bonds is 7. The molecule has 40 heavy (non-hydrogen) atoms. The van der Waals surface area contributed by atoms with Crippen LogP contribution in [0, 0.1) is 0 Å². The normalized spacial score (nSPS) is 15.6. The van der Waals surface area contributed by atoms with Crippen LogP contribution < -0.4 is 16.0 Å². The van der Waals surface area contributed by atoms with Crippen LogP contribution in [-0.2, 0) is 16.1 Å². The molecule has 218 valence electrons. The number of piperazine rings is 1. The van der Waals surface area contributed by atoms with Crippen molar-refractivity contribution in [3.8, 4) is 0 Å². The standard InChI is InChI=1S/C28H37N5O3S.C2H6O/c1-5-10-30-26(34)20-15-24-23(31-25(29)16-20)17-22(37-24)18-32-11-13-33(14-12-32)21-8-6-19(7-9-21)27(35)36-28(2,3)4;1-2-3/h6-9,15,17H,5,10-14,16,18H2,1-4H3,(H2,29,31)(H,30,34);3H,2H2,1H3. The molecule has 0 unspecified atom stereocenters. The third kappa shape index (κ3) is 9.18. The highest BCUT2D eigenvalue weighted by molar-refractivity contribution is 7.13. The highest BCUT2D eigenvalue weighted by Gasteiger charge is 2.22. The Kier molecular flexibility index (Phi) is 11.3. The largest absolute Gasteiger partial charge is 0.456 e. The van der Waals surface area contributed by atoms with E-state index in [0.717, 1.165) is 55.4 Å². The number of anilines is 1. The SMILES string of the molecule is CCCNC(=O)C1=Cc2sc(CN3CCN(c4ccc(C(=O)OC(C)(C)C)cc4)CC3)cc2N=C(N)C1.CCO. The Morgan fingerprint density at radius 2 is 1.77 bits per heavy atom. The van der Waals surface area contributed by atoms with Crippen molar-refractivity contribution >= 4 is 46.5 Å². The Morgan fingerprint density at radius 3 is 2.38 bits per heavy atom. The number of aliphatic imine (C=N–C) groups is 1. The van der Waals surface area contributed by atoms with Crippen LogP contribution >= 0.6 is 11.3 Å². The molecule has 9 nitrogen and oxygen atoms in total. The molecule has 2 aliphatic rings. The molecule has 1 aromatic carbocycles. The van der Waals surface area contributed by atoms with Gasteiger partial charge in [-0.1, -0.05) is 6.92 Å². The first-order valence-electron chi connectivity index (χ1n) is 13.9. The molecule has 2 aliphatic heterocycles. The fourth-order valence-electron chi connectivity index (χ4n) is 4.34. The quantitative estimate of drug-likeness (QED) is 0.425. The number of benzene rings is 1. The predicted octanol–water partition coefficient (Wildman–Crippen LogP) is 4.33. The Balaban J connectivity index is 0.00000141. The van der Waals surface area contributed by atoms with E-state index in [1.807, 2.05) is 58.0 Å². The highest BCUT2D eigenvalue weighted by Crippen LogP contribution is 2.35. The number of carbonyl (C=O) groups excluding carboxylic acids is 2. The number of hydrogen-bond acceptors (Lipinski definition) is 9. The summed E-state index contributed by atoms with van der Waals surface area (Å²) in [7, 11) is 0. The minimum atomic E-state index is -0.506. The minimum Gasteiger partial charge on any atom is -0.456 e. The van der Waals surface area contributed by atoms with Crippen LogP contribution in [0.4, 0.5) is 11.4 Å². The maximum absolute atomic E-state index is 12.5. The Hall–Kier alpha value is -3.21. The number of amides is 1. The molecular formula is C30H43N5O4S. The van der Waals surface area contributed by atoms with E-state index in [-0.39, 0.29) is 18.5 Å². The summed E-state index contributed by atoms with van der Waals surface area (Å²) in [5, 5.41) is 10.5. The number of nitrogens with two attached hydrogens (primary N) is 1. The topological polar surface area (TPSA) is 120 Å². The van der Waals surface area contributed by atoms with Crippen molar-refractivity contribution in [2.24, 2.45) is 10.7 Å². The van der Waals surface area contributed by atoms with Crippen molar-refractivity contribution in [3.63, 3.8) is 0 Å². The molecule has 4 rings (SSSR count). The molecule has 1 amide bonds. The van der Waals surface area contributed by atoms with Crippen LogP contribution in [0.25, 0.3) is 6.08 Å². The lowest BCUT2D eigenvalue weighted by Crippen LogP contribution is -2.45. The number of thiophene rings is 1. The molecule has 0 saturated carbocycles. The number of nitrogens with one attached hydrogen (secondary N) is 1. The summed E-state index contributed by atoms with van der Waals surface area (Å²) in [6.45, 7) is 14.7. The molecule has 1 fully saturated rings. The fraction of sp³-hybridized carbons (Fsp3) is 0.500. The van der Waals surface area contributed by atoms with Gasteiger partial charge < -0.3 is 25.8 Å². The third-order valence-electron chi connectivity index (χ3n) is 6.18. The lowest BCUT2D eigenvalue weighted by atomic mass is 10.1. The summed E-state index contributed by atoms with van der Waals surface area (Å²) in [6.07, 6.45) is 3.20. The summed E-state index contributed by atoms with van der Waals surface area (Å²) < 4.78 is 5.46. The monoisotopic (exact) mass is 569 g/mol. The van der Waals surface area contributed by atoms with E-state index in [0.29, 0.717) is 29.9 Å². The fourth-order valence-corrected chi connectivity index (χ4v) is 5.45. The van der Waals surface area contributed by atoms with Gasteiger partial charge in [0.2, 0.25) is 5.91 Å². The van der Waals surface area contributed by atoms with Crippen LogP contribution in [0.5, 0.6) is 0 Å². The van der Waals surface area contributed by atoms with E-state index < -0.39 is 5.60 Å². The Morgan fingerprint density at radius 1 is 1.12 bits per heavy atom. The van der Waals surface area contributed by atoms with Gasteiger partial charge in [-0.15, -0.1) is 11.3 Å². The average Bonchev–Trinajstić information content (AvgIpc) is 3.18. The number of carbonyl (C=O) groups is 2. The summed E-state index contributed by atoms with van der Waals surface area (Å²) in [6, 6.07) is 9.76. The van der Waals surface area contributed by atoms with Gasteiger partial charge in [-0.05, 0) is 70.5 Å². The molecule has 10 heteroatoms. The van der Waals surface area contributed by atoms with Gasteiger partial charge in [-0.2, -0.15) is 0 Å². The van der Waals surface area contributed by atoms with Crippen LogP contribution in [0.3, 0.4) is 0 Å². The molecule has 0 atom stereocenters. The van der Waals surface area contributed by atoms with Crippen molar-refractivity contribution < 1.29 is 19.4 Å². The molecule has 2 aromatic rings. The predicted molar refractivity (Wildman–Crippen MR) is 163 cm³/mol. The van der Waals surface area contributed by atoms with Gasteiger partial charge in [-0.25, -0.2) is 9.79 Å². The molecule has 1 aromatic heterocycles. The van der Waals surface area contributed by atoms with Crippen molar-refractivity contribution in [1.82, 2.24) is 10.2 Å². The number of hydrogen-bond donors (Lipinski definition) is 3. The van der Waals surface area contributed by atoms with Gasteiger partial charge >= 0.3 is 5.97 Å². The van der Waals surface area contributed by atoms with Crippen molar-refractivity contribution in [1.29, 1.82) is 0 Å². The van der Waals surface area contributed by atoms with Gasteiger partial charge in [-0.3, -0.25) is 9.69 Å². The van der Waals surface area contributed by atoms with E-state index in [2.05, 4.69) is 26.2 Å². The number of aliphatic hydroxyl groups is 1. The van der Waals surface area contributed by atoms with Crippen LogP contribution in [-0.4, -0.2) is 72.7 Å². The van der Waals surface area contributed by atoms with Gasteiger partial charge in [0.05, 0.1) is 16.1 Å². The van der Waals surface area contributed by atoms with Crippen LogP contribution in [0.2, 0.25) is 0 Å². The zero-order chi connectivity index (χ0) is 29.3. The highest BCUT2D eigenvalue weighted by atomic mass is 32.1. The van der Waals surface area contributed by atoms with E-state index >= 15 is 0 Å². The van der Waals surface area contributed by atoms with Crippen molar-refractivity contribution in [3.05, 3.63) is 51.2 Å².